The van der Waals surface area contributed by atoms with Crippen molar-refractivity contribution in [1.29, 1.82) is 0 Å². The number of pyridine rings is 1. The molecule has 0 aromatic carbocycles. The predicted molar refractivity (Wildman–Crippen MR) is 67.9 cm³/mol. The molecule has 1 saturated heterocycles. The fourth-order valence-corrected chi connectivity index (χ4v) is 2.16. The van der Waals surface area contributed by atoms with Gasteiger partial charge in [0, 0.05) is 25.7 Å². The average molecular weight is 233 g/mol. The third kappa shape index (κ3) is 3.27. The van der Waals surface area contributed by atoms with Gasteiger partial charge in [0.1, 0.15) is 0 Å². The van der Waals surface area contributed by atoms with Crippen molar-refractivity contribution < 1.29 is 4.79 Å². The van der Waals surface area contributed by atoms with Crippen LogP contribution in [-0.2, 0) is 4.79 Å². The number of anilines is 1. The van der Waals surface area contributed by atoms with Crippen LogP contribution in [0.25, 0.3) is 0 Å². The first kappa shape index (κ1) is 12.0. The molecule has 1 aromatic heterocycles. The first-order valence-electron chi connectivity index (χ1n) is 6.17. The standard InChI is InChI=1S/C13H19N3O/c1-16(12-5-3-8-14-10-12)13(17)7-6-11-4-2-9-15-11/h3,5,8,10-11,15H,2,4,6-7,9H2,1H3. The van der Waals surface area contributed by atoms with Crippen molar-refractivity contribution in [1.82, 2.24) is 10.3 Å². The summed E-state index contributed by atoms with van der Waals surface area (Å²) in [5, 5.41) is 3.41. The molecule has 2 rings (SSSR count). The lowest BCUT2D eigenvalue weighted by Crippen LogP contribution is -2.29. The van der Waals surface area contributed by atoms with Crippen LogP contribution in [0.2, 0.25) is 0 Å². The topological polar surface area (TPSA) is 45.2 Å². The van der Waals surface area contributed by atoms with Gasteiger partial charge < -0.3 is 10.2 Å². The summed E-state index contributed by atoms with van der Waals surface area (Å²) in [5.41, 5.74) is 0.858. The van der Waals surface area contributed by atoms with E-state index in [1.54, 1.807) is 24.3 Å². The van der Waals surface area contributed by atoms with E-state index >= 15 is 0 Å². The molecule has 4 heteroatoms. The smallest absolute Gasteiger partial charge is 0.226 e. The van der Waals surface area contributed by atoms with E-state index in [9.17, 15) is 4.79 Å². The summed E-state index contributed by atoms with van der Waals surface area (Å²) in [6.07, 6.45) is 7.39. The zero-order valence-corrected chi connectivity index (χ0v) is 10.2. The van der Waals surface area contributed by atoms with Crippen molar-refractivity contribution in [2.24, 2.45) is 0 Å². The van der Waals surface area contributed by atoms with E-state index < -0.39 is 0 Å². The van der Waals surface area contributed by atoms with Gasteiger partial charge in [-0.1, -0.05) is 0 Å². The first-order valence-corrected chi connectivity index (χ1v) is 6.17. The molecule has 1 unspecified atom stereocenters. The number of rotatable bonds is 4. The lowest BCUT2D eigenvalue weighted by Gasteiger charge is -2.18. The highest BCUT2D eigenvalue weighted by Gasteiger charge is 2.17. The Labute approximate surface area is 102 Å². The SMILES string of the molecule is CN(C(=O)CCC1CCCN1)c1cccnc1. The van der Waals surface area contributed by atoms with Crippen LogP contribution in [-0.4, -0.2) is 30.5 Å². The van der Waals surface area contributed by atoms with Gasteiger partial charge in [0.15, 0.2) is 0 Å². The monoisotopic (exact) mass is 233 g/mol. The molecule has 1 atom stereocenters. The summed E-state index contributed by atoms with van der Waals surface area (Å²) in [5.74, 6) is 0.159. The minimum Gasteiger partial charge on any atom is -0.314 e. The summed E-state index contributed by atoms with van der Waals surface area (Å²) in [6, 6.07) is 4.28. The molecule has 0 spiro atoms. The van der Waals surface area contributed by atoms with Gasteiger partial charge >= 0.3 is 0 Å². The van der Waals surface area contributed by atoms with Gasteiger partial charge in [0.2, 0.25) is 5.91 Å². The summed E-state index contributed by atoms with van der Waals surface area (Å²) in [6.45, 7) is 1.09. The van der Waals surface area contributed by atoms with Crippen LogP contribution < -0.4 is 10.2 Å². The molecule has 1 fully saturated rings. The molecule has 1 N–H and O–H groups in total. The second-order valence-electron chi connectivity index (χ2n) is 4.50. The Kier molecular flexibility index (Phi) is 4.09. The molecule has 1 aromatic rings. The maximum absolute atomic E-state index is 12.0. The quantitative estimate of drug-likeness (QED) is 0.858. The number of carbonyl (C=O) groups excluding carboxylic acids is 1. The van der Waals surface area contributed by atoms with Gasteiger partial charge in [-0.15, -0.1) is 0 Å². The van der Waals surface area contributed by atoms with Crippen molar-refractivity contribution in [2.75, 3.05) is 18.5 Å². The van der Waals surface area contributed by atoms with Crippen LogP contribution >= 0.6 is 0 Å². The first-order chi connectivity index (χ1) is 8.27. The molecular weight excluding hydrogens is 214 g/mol. The Morgan fingerprint density at radius 2 is 2.53 bits per heavy atom. The van der Waals surface area contributed by atoms with Gasteiger partial charge in [-0.05, 0) is 37.9 Å². The van der Waals surface area contributed by atoms with Gasteiger partial charge in [-0.3, -0.25) is 9.78 Å². The number of nitrogens with one attached hydrogen (secondary N) is 1. The fraction of sp³-hybridized carbons (Fsp3) is 0.538. The summed E-state index contributed by atoms with van der Waals surface area (Å²) in [7, 11) is 1.81. The van der Waals surface area contributed by atoms with E-state index in [2.05, 4.69) is 10.3 Å². The maximum atomic E-state index is 12.0. The third-order valence-electron chi connectivity index (χ3n) is 3.28. The lowest BCUT2D eigenvalue weighted by molar-refractivity contribution is -0.118. The second kappa shape index (κ2) is 5.77. The normalized spacial score (nSPS) is 19.2. The Morgan fingerprint density at radius 1 is 1.65 bits per heavy atom. The summed E-state index contributed by atoms with van der Waals surface area (Å²) >= 11 is 0. The highest BCUT2D eigenvalue weighted by atomic mass is 16.2. The number of amides is 1. The highest BCUT2D eigenvalue weighted by Crippen LogP contribution is 2.14. The van der Waals surface area contributed by atoms with Crippen molar-refractivity contribution in [3.63, 3.8) is 0 Å². The summed E-state index contributed by atoms with van der Waals surface area (Å²) < 4.78 is 0. The van der Waals surface area contributed by atoms with Crippen LogP contribution in [0.5, 0.6) is 0 Å². The van der Waals surface area contributed by atoms with Crippen molar-refractivity contribution in [2.45, 2.75) is 31.7 Å². The molecular formula is C13H19N3O. The van der Waals surface area contributed by atoms with E-state index in [0.717, 1.165) is 18.7 Å². The van der Waals surface area contributed by atoms with Gasteiger partial charge in [0.25, 0.3) is 0 Å². The fourth-order valence-electron chi connectivity index (χ4n) is 2.16. The van der Waals surface area contributed by atoms with Crippen molar-refractivity contribution in [3.8, 4) is 0 Å². The number of hydrogen-bond donors (Lipinski definition) is 1. The molecule has 4 nitrogen and oxygen atoms in total. The van der Waals surface area contributed by atoms with Crippen LogP contribution in [0.15, 0.2) is 24.5 Å². The molecule has 0 radical (unpaired) electrons. The van der Waals surface area contributed by atoms with Crippen molar-refractivity contribution in [3.05, 3.63) is 24.5 Å². The van der Waals surface area contributed by atoms with E-state index in [-0.39, 0.29) is 5.91 Å². The van der Waals surface area contributed by atoms with Gasteiger partial charge in [-0.2, -0.15) is 0 Å². The molecule has 1 aliphatic rings. The predicted octanol–water partition coefficient (Wildman–Crippen LogP) is 1.58. The Bertz CT molecular complexity index is 360. The van der Waals surface area contributed by atoms with Gasteiger partial charge in [0.05, 0.1) is 11.9 Å². The third-order valence-corrected chi connectivity index (χ3v) is 3.28. The van der Waals surface area contributed by atoms with E-state index in [4.69, 9.17) is 0 Å². The van der Waals surface area contributed by atoms with E-state index in [0.29, 0.717) is 12.5 Å². The highest BCUT2D eigenvalue weighted by molar-refractivity contribution is 5.92. The van der Waals surface area contributed by atoms with Gasteiger partial charge in [-0.25, -0.2) is 0 Å². The second-order valence-corrected chi connectivity index (χ2v) is 4.50. The Hall–Kier alpha value is -1.42. The van der Waals surface area contributed by atoms with E-state index in [1.165, 1.54) is 12.8 Å². The zero-order valence-electron chi connectivity index (χ0n) is 10.2. The van der Waals surface area contributed by atoms with Crippen LogP contribution in [0, 0.1) is 0 Å². The number of carbonyl (C=O) groups is 1. The van der Waals surface area contributed by atoms with Crippen LogP contribution in [0.4, 0.5) is 5.69 Å². The zero-order chi connectivity index (χ0) is 12.1. The molecule has 1 amide bonds. The largest absolute Gasteiger partial charge is 0.314 e. The molecule has 0 bridgehead atoms. The molecule has 0 aliphatic carbocycles. The van der Waals surface area contributed by atoms with Crippen molar-refractivity contribution >= 4 is 11.6 Å². The molecule has 92 valence electrons. The minimum atomic E-state index is 0.159. The Morgan fingerprint density at radius 3 is 3.18 bits per heavy atom. The molecule has 1 aliphatic heterocycles. The lowest BCUT2D eigenvalue weighted by atomic mass is 10.1. The Balaban J connectivity index is 1.83. The minimum absolute atomic E-state index is 0.159. The molecule has 0 saturated carbocycles. The number of nitrogens with zero attached hydrogens (tertiary/aromatic N) is 2. The molecule has 17 heavy (non-hydrogen) atoms. The average Bonchev–Trinajstić information content (AvgIpc) is 2.89. The van der Waals surface area contributed by atoms with E-state index in [1.807, 2.05) is 12.1 Å². The van der Waals surface area contributed by atoms with Crippen LogP contribution in [0.1, 0.15) is 25.7 Å². The van der Waals surface area contributed by atoms with Crippen LogP contribution in [0.3, 0.4) is 0 Å². The molecule has 2 heterocycles. The maximum Gasteiger partial charge on any atom is 0.226 e. The number of hydrogen-bond acceptors (Lipinski definition) is 3. The number of aromatic nitrogens is 1. The summed E-state index contributed by atoms with van der Waals surface area (Å²) in [4.78, 5) is 17.7.